The molecule has 0 aromatic carbocycles. The van der Waals surface area contributed by atoms with Crippen LogP contribution >= 0.6 is 0 Å². The molecular formula is C33H52N2O3. The number of ketones is 1. The van der Waals surface area contributed by atoms with Crippen molar-refractivity contribution in [2.75, 3.05) is 19.6 Å². The third-order valence-electron chi connectivity index (χ3n) is 13.1. The van der Waals surface area contributed by atoms with Crippen LogP contribution in [0.2, 0.25) is 0 Å². The zero-order valence-corrected chi connectivity index (χ0v) is 24.9. The van der Waals surface area contributed by atoms with Gasteiger partial charge in [0, 0.05) is 51.4 Å². The quantitative estimate of drug-likeness (QED) is 0.466. The lowest BCUT2D eigenvalue weighted by Gasteiger charge is -2.58. The third-order valence-corrected chi connectivity index (χ3v) is 13.1. The maximum atomic E-state index is 12.5. The summed E-state index contributed by atoms with van der Waals surface area (Å²) in [5, 5.41) is 3.02. The first-order valence-electron chi connectivity index (χ1n) is 15.8. The van der Waals surface area contributed by atoms with Gasteiger partial charge in [-0.2, -0.15) is 0 Å². The predicted octanol–water partition coefficient (Wildman–Crippen LogP) is 5.92. The molecule has 0 aromatic heterocycles. The van der Waals surface area contributed by atoms with Crippen molar-refractivity contribution in [1.82, 2.24) is 10.2 Å². The van der Waals surface area contributed by atoms with Crippen LogP contribution in [0.25, 0.3) is 0 Å². The van der Waals surface area contributed by atoms with E-state index in [2.05, 4.69) is 44.8 Å². The monoisotopic (exact) mass is 524 g/mol. The van der Waals surface area contributed by atoms with Crippen LogP contribution in [0.3, 0.4) is 0 Å². The van der Waals surface area contributed by atoms with Crippen molar-refractivity contribution in [2.24, 2.45) is 40.4 Å². The Bertz CT molecular complexity index is 1020. The number of hydrogen-bond acceptors (Lipinski definition) is 4. The number of nitrogens with one attached hydrogen (secondary N) is 1. The molecule has 10 atom stereocenters. The van der Waals surface area contributed by atoms with Crippen molar-refractivity contribution in [1.29, 1.82) is 0 Å². The molecule has 212 valence electrons. The zero-order valence-electron chi connectivity index (χ0n) is 24.9. The largest absolute Gasteiger partial charge is 0.369 e. The minimum atomic E-state index is -0.0487. The Morgan fingerprint density at radius 3 is 2.68 bits per heavy atom. The van der Waals surface area contributed by atoms with Gasteiger partial charge in [0.05, 0.1) is 11.7 Å². The summed E-state index contributed by atoms with van der Waals surface area (Å²) in [4.78, 5) is 26.6. The molecule has 38 heavy (non-hydrogen) atoms. The van der Waals surface area contributed by atoms with Crippen molar-refractivity contribution >= 4 is 11.7 Å². The van der Waals surface area contributed by atoms with E-state index in [0.29, 0.717) is 41.1 Å². The van der Waals surface area contributed by atoms with Gasteiger partial charge in [-0.05, 0) is 92.8 Å². The lowest BCUT2D eigenvalue weighted by atomic mass is 9.45. The Balaban J connectivity index is 1.24. The number of Topliss-reactive ketones (excluding diaryl/α,β-unsaturated/α-hetero) is 1. The highest BCUT2D eigenvalue weighted by Crippen LogP contribution is 2.69. The van der Waals surface area contributed by atoms with Crippen LogP contribution in [0.5, 0.6) is 0 Å². The lowest BCUT2D eigenvalue weighted by Crippen LogP contribution is -2.53. The molecule has 0 radical (unpaired) electrons. The van der Waals surface area contributed by atoms with Crippen molar-refractivity contribution in [3.05, 3.63) is 11.1 Å². The van der Waals surface area contributed by atoms with E-state index in [0.717, 1.165) is 63.6 Å². The molecule has 5 heteroatoms. The van der Waals surface area contributed by atoms with Crippen LogP contribution < -0.4 is 5.32 Å². The fourth-order valence-corrected chi connectivity index (χ4v) is 11.0. The maximum Gasteiger partial charge on any atom is 0.216 e. The van der Waals surface area contributed by atoms with E-state index in [9.17, 15) is 9.59 Å². The van der Waals surface area contributed by atoms with Gasteiger partial charge in [0.15, 0.2) is 0 Å². The van der Waals surface area contributed by atoms with Gasteiger partial charge >= 0.3 is 0 Å². The molecule has 3 saturated carbocycles. The number of piperidine rings is 1. The summed E-state index contributed by atoms with van der Waals surface area (Å²) in [5.41, 5.74) is 3.85. The number of fused-ring (bicyclic) bond motifs is 6. The number of allylic oxidation sites excluding steroid dienone is 1. The molecule has 1 spiro atoms. The molecule has 6 aliphatic rings. The number of ether oxygens (including phenoxy) is 1. The van der Waals surface area contributed by atoms with Crippen LogP contribution in [0.4, 0.5) is 0 Å². The molecule has 1 N–H and O–H groups in total. The Morgan fingerprint density at radius 1 is 1.13 bits per heavy atom. The van der Waals surface area contributed by atoms with E-state index in [-0.39, 0.29) is 16.9 Å². The molecule has 0 aromatic rings. The molecule has 2 aliphatic heterocycles. The summed E-state index contributed by atoms with van der Waals surface area (Å²) in [5.74, 6) is 3.93. The van der Waals surface area contributed by atoms with E-state index in [1.807, 2.05) is 0 Å². The van der Waals surface area contributed by atoms with Crippen LogP contribution in [0.15, 0.2) is 11.1 Å². The first-order valence-corrected chi connectivity index (χ1v) is 15.8. The van der Waals surface area contributed by atoms with Gasteiger partial charge < -0.3 is 10.1 Å². The highest BCUT2D eigenvalue weighted by atomic mass is 16.5. The molecule has 2 saturated heterocycles. The summed E-state index contributed by atoms with van der Waals surface area (Å²) in [7, 11) is 0. The van der Waals surface area contributed by atoms with E-state index < -0.39 is 0 Å². The number of amides is 1. The highest BCUT2D eigenvalue weighted by Gasteiger charge is 2.62. The molecule has 2 heterocycles. The molecule has 0 bridgehead atoms. The molecular weight excluding hydrogens is 472 g/mol. The van der Waals surface area contributed by atoms with Gasteiger partial charge in [0.25, 0.3) is 0 Å². The second kappa shape index (κ2) is 9.43. The normalized spacial score (nSPS) is 48.8. The summed E-state index contributed by atoms with van der Waals surface area (Å²) in [6.07, 6.45) is 11.5. The van der Waals surface area contributed by atoms with Gasteiger partial charge in [0.1, 0.15) is 5.78 Å². The van der Waals surface area contributed by atoms with Gasteiger partial charge in [-0.1, -0.05) is 38.8 Å². The minimum Gasteiger partial charge on any atom is -0.369 e. The number of likely N-dealkylation sites (tertiary alicyclic amines) is 1. The summed E-state index contributed by atoms with van der Waals surface area (Å²) in [6.45, 7) is 16.6. The van der Waals surface area contributed by atoms with E-state index in [1.165, 1.54) is 32.1 Å². The number of carbonyl (C=O) groups is 2. The second-order valence-electron chi connectivity index (χ2n) is 15.2. The van der Waals surface area contributed by atoms with Gasteiger partial charge in [0.2, 0.25) is 5.91 Å². The van der Waals surface area contributed by atoms with Crippen molar-refractivity contribution in [3.8, 4) is 0 Å². The number of rotatable bonds is 3. The van der Waals surface area contributed by atoms with Crippen molar-refractivity contribution < 1.29 is 14.3 Å². The van der Waals surface area contributed by atoms with Gasteiger partial charge in [-0.15, -0.1) is 0 Å². The van der Waals surface area contributed by atoms with E-state index >= 15 is 0 Å². The van der Waals surface area contributed by atoms with Crippen LogP contribution in [-0.4, -0.2) is 54.0 Å². The lowest BCUT2D eigenvalue weighted by molar-refractivity contribution is -0.142. The third kappa shape index (κ3) is 4.07. The Hall–Kier alpha value is -1.20. The average molecular weight is 525 g/mol. The van der Waals surface area contributed by atoms with Gasteiger partial charge in [-0.3, -0.25) is 14.5 Å². The molecule has 5 fully saturated rings. The van der Waals surface area contributed by atoms with E-state index in [1.54, 1.807) is 18.1 Å². The minimum absolute atomic E-state index is 0.0487. The second-order valence-corrected chi connectivity index (χ2v) is 15.2. The Kier molecular flexibility index (Phi) is 6.70. The molecule has 4 aliphatic carbocycles. The predicted molar refractivity (Wildman–Crippen MR) is 151 cm³/mol. The first kappa shape index (κ1) is 27.0. The fourth-order valence-electron chi connectivity index (χ4n) is 11.0. The van der Waals surface area contributed by atoms with Gasteiger partial charge in [-0.25, -0.2) is 0 Å². The summed E-state index contributed by atoms with van der Waals surface area (Å²) < 4.78 is 7.22. The van der Waals surface area contributed by atoms with Crippen LogP contribution in [-0.2, 0) is 14.3 Å². The highest BCUT2D eigenvalue weighted by molar-refractivity contribution is 5.80. The maximum absolute atomic E-state index is 12.5. The first-order chi connectivity index (χ1) is 18.0. The standard InChI is InChI=1S/C33H52N2O3/c1-20-15-29-30(35(19-20)14-13-34-23(4)36)22(3)33(38-29)12-9-25-26-8-10-31(5)18-24(37)7-11-32(31,6)28(26)16-27(25)21(2)17-33/h20,22,25-26,28-30H,7-19H2,1-6H3,(H,34,36)/t20-,22+,25-,26-,28-,29+,30-,31+,32+,33-/m0/s1. The smallest absolute Gasteiger partial charge is 0.216 e. The Morgan fingerprint density at radius 2 is 1.92 bits per heavy atom. The summed E-state index contributed by atoms with van der Waals surface area (Å²) >= 11 is 0. The summed E-state index contributed by atoms with van der Waals surface area (Å²) in [6, 6.07) is 0.456. The molecule has 1 amide bonds. The average Bonchev–Trinajstić information content (AvgIpc) is 3.30. The van der Waals surface area contributed by atoms with Crippen LogP contribution in [0, 0.1) is 40.4 Å². The van der Waals surface area contributed by atoms with E-state index in [4.69, 9.17) is 4.74 Å². The Labute approximate surface area is 230 Å². The zero-order chi connectivity index (χ0) is 27.0. The SMILES string of the molecule is CC(=O)NCCN1C[C@@H](C)C[C@H]2O[C@]3(CC[C@@H]4C(=C(C)C3)C[C@H]3[C@H]4CC[C@]4(C)CC(=O)CC[C@]34C)[C@H](C)[C@@H]21. The van der Waals surface area contributed by atoms with Crippen molar-refractivity contribution in [3.63, 3.8) is 0 Å². The van der Waals surface area contributed by atoms with Crippen LogP contribution in [0.1, 0.15) is 106 Å². The fraction of sp³-hybridized carbons (Fsp3) is 0.879. The van der Waals surface area contributed by atoms with Crippen molar-refractivity contribution in [2.45, 2.75) is 123 Å². The number of hydrogen-bond donors (Lipinski definition) is 1. The topological polar surface area (TPSA) is 58.6 Å². The number of nitrogens with zero attached hydrogens (tertiary/aromatic N) is 1. The molecule has 5 nitrogen and oxygen atoms in total. The molecule has 0 unspecified atom stereocenters. The molecule has 6 rings (SSSR count). The number of carbonyl (C=O) groups excluding carboxylic acids is 2.